The van der Waals surface area contributed by atoms with Crippen molar-refractivity contribution in [1.29, 1.82) is 0 Å². The number of urea groups is 1. The van der Waals surface area contributed by atoms with Crippen LogP contribution >= 0.6 is 35.6 Å². The molecule has 0 bridgehead atoms. The molecular weight excluding hydrogens is 507 g/mol. The molecule has 0 spiro atoms. The molecule has 1 aromatic heterocycles. The Kier molecular flexibility index (Phi) is 10.7. The summed E-state index contributed by atoms with van der Waals surface area (Å²) in [5, 5.41) is 9.70. The average molecular weight is 537 g/mol. The minimum absolute atomic E-state index is 0. The highest BCUT2D eigenvalue weighted by molar-refractivity contribution is 14.0. The number of carbonyl (C=O) groups excluding carboxylic acids is 2. The summed E-state index contributed by atoms with van der Waals surface area (Å²) in [6, 6.07) is 3.40. The standard InChI is InChI=1S/C19H29ClN6O2.HI/c1-4-19(3)16(27)26(18(28)25-19)12-6-10-22-17(21-5-2)23-11-9-14-7-8-15(20)24-13-14;/h7-8,13H,4-6,9-12H2,1-3H3,(H,25,28)(H2,21,22,23);1H. The van der Waals surface area contributed by atoms with Crippen LogP contribution in [0.2, 0.25) is 5.15 Å². The van der Waals surface area contributed by atoms with Crippen molar-refractivity contribution in [2.75, 3.05) is 26.2 Å². The van der Waals surface area contributed by atoms with Gasteiger partial charge in [-0.25, -0.2) is 9.78 Å². The largest absolute Gasteiger partial charge is 0.357 e. The molecule has 2 rings (SSSR count). The molecule has 10 heteroatoms. The quantitative estimate of drug-likeness (QED) is 0.113. The number of aliphatic imine (C=N–C) groups is 1. The van der Waals surface area contributed by atoms with E-state index in [-0.39, 0.29) is 35.9 Å². The second-order valence-electron chi connectivity index (χ2n) is 6.85. The first kappa shape index (κ1) is 25.4. The Morgan fingerprint density at radius 2 is 2.07 bits per heavy atom. The Bertz CT molecular complexity index is 715. The first-order chi connectivity index (χ1) is 13.4. The lowest BCUT2D eigenvalue weighted by Crippen LogP contribution is -2.43. The first-order valence-electron chi connectivity index (χ1n) is 9.66. The van der Waals surface area contributed by atoms with Gasteiger partial charge in [-0.1, -0.05) is 24.6 Å². The van der Waals surface area contributed by atoms with Crippen LogP contribution in [0.4, 0.5) is 4.79 Å². The SMILES string of the molecule is CCNC(=NCCCN1C(=O)NC(C)(CC)C1=O)NCCc1ccc(Cl)nc1.I. The molecule has 0 aromatic carbocycles. The second kappa shape index (κ2) is 12.2. The third kappa shape index (κ3) is 7.29. The first-order valence-corrected chi connectivity index (χ1v) is 10.0. The Hall–Kier alpha value is -1.62. The number of halogens is 2. The molecule has 1 aromatic rings. The molecule has 3 amide bonds. The second-order valence-corrected chi connectivity index (χ2v) is 7.24. The zero-order valence-electron chi connectivity index (χ0n) is 17.1. The number of rotatable bonds is 9. The normalized spacial score (nSPS) is 19.0. The summed E-state index contributed by atoms with van der Waals surface area (Å²) in [4.78, 5) is 34.2. The van der Waals surface area contributed by atoms with Gasteiger partial charge in [0.25, 0.3) is 5.91 Å². The number of nitrogens with one attached hydrogen (secondary N) is 3. The van der Waals surface area contributed by atoms with Gasteiger partial charge < -0.3 is 16.0 Å². The Morgan fingerprint density at radius 3 is 2.66 bits per heavy atom. The number of hydrogen-bond acceptors (Lipinski definition) is 4. The Balaban J connectivity index is 0.00000420. The maximum absolute atomic E-state index is 12.4. The summed E-state index contributed by atoms with van der Waals surface area (Å²) < 4.78 is 0. The van der Waals surface area contributed by atoms with Crippen molar-refractivity contribution in [3.8, 4) is 0 Å². The highest BCUT2D eigenvalue weighted by Gasteiger charge is 2.45. The smallest absolute Gasteiger partial charge is 0.325 e. The number of pyridine rings is 1. The summed E-state index contributed by atoms with van der Waals surface area (Å²) >= 11 is 5.79. The summed E-state index contributed by atoms with van der Waals surface area (Å²) in [7, 11) is 0. The predicted molar refractivity (Wildman–Crippen MR) is 126 cm³/mol. The van der Waals surface area contributed by atoms with E-state index in [0.29, 0.717) is 43.6 Å². The minimum Gasteiger partial charge on any atom is -0.357 e. The Labute approximate surface area is 194 Å². The van der Waals surface area contributed by atoms with Crippen LogP contribution in [-0.2, 0) is 11.2 Å². The van der Waals surface area contributed by atoms with Gasteiger partial charge in [0.2, 0.25) is 0 Å². The molecule has 162 valence electrons. The van der Waals surface area contributed by atoms with E-state index in [2.05, 4.69) is 25.9 Å². The van der Waals surface area contributed by atoms with E-state index in [1.54, 1.807) is 19.2 Å². The zero-order valence-corrected chi connectivity index (χ0v) is 20.2. The third-order valence-electron chi connectivity index (χ3n) is 4.70. The lowest BCUT2D eigenvalue weighted by molar-refractivity contribution is -0.130. The molecule has 1 fully saturated rings. The van der Waals surface area contributed by atoms with E-state index in [4.69, 9.17) is 11.6 Å². The van der Waals surface area contributed by atoms with Gasteiger partial charge >= 0.3 is 6.03 Å². The van der Waals surface area contributed by atoms with Gasteiger partial charge in [0.05, 0.1) is 0 Å². The van der Waals surface area contributed by atoms with Gasteiger partial charge in [0.1, 0.15) is 10.7 Å². The maximum Gasteiger partial charge on any atom is 0.325 e. The summed E-state index contributed by atoms with van der Waals surface area (Å²) in [5.41, 5.74) is 0.304. The molecule has 0 radical (unpaired) electrons. The summed E-state index contributed by atoms with van der Waals surface area (Å²) in [5.74, 6) is 0.547. The summed E-state index contributed by atoms with van der Waals surface area (Å²) in [6.07, 6.45) is 3.74. The zero-order chi connectivity index (χ0) is 20.6. The number of nitrogens with zero attached hydrogens (tertiary/aromatic N) is 3. The molecule has 1 unspecified atom stereocenters. The van der Waals surface area contributed by atoms with Crippen LogP contribution in [0.15, 0.2) is 23.3 Å². The van der Waals surface area contributed by atoms with Crippen molar-refractivity contribution >= 4 is 53.5 Å². The third-order valence-corrected chi connectivity index (χ3v) is 4.92. The lowest BCUT2D eigenvalue weighted by Gasteiger charge is -2.19. The van der Waals surface area contributed by atoms with Crippen molar-refractivity contribution in [1.82, 2.24) is 25.8 Å². The van der Waals surface area contributed by atoms with Crippen molar-refractivity contribution in [2.45, 2.75) is 45.6 Å². The van der Waals surface area contributed by atoms with E-state index in [1.807, 2.05) is 19.9 Å². The van der Waals surface area contributed by atoms with Crippen LogP contribution < -0.4 is 16.0 Å². The van der Waals surface area contributed by atoms with Crippen molar-refractivity contribution in [2.24, 2.45) is 4.99 Å². The van der Waals surface area contributed by atoms with Crippen LogP contribution in [0.25, 0.3) is 0 Å². The topological polar surface area (TPSA) is 98.7 Å². The molecule has 1 aliphatic rings. The number of aromatic nitrogens is 1. The van der Waals surface area contributed by atoms with E-state index >= 15 is 0 Å². The molecule has 2 heterocycles. The number of hydrogen-bond donors (Lipinski definition) is 3. The van der Waals surface area contributed by atoms with Crippen molar-refractivity contribution in [3.63, 3.8) is 0 Å². The van der Waals surface area contributed by atoms with E-state index in [9.17, 15) is 9.59 Å². The van der Waals surface area contributed by atoms with Gasteiger partial charge in [-0.15, -0.1) is 24.0 Å². The molecule has 1 saturated heterocycles. The van der Waals surface area contributed by atoms with Gasteiger partial charge in [-0.05, 0) is 44.7 Å². The van der Waals surface area contributed by atoms with Crippen LogP contribution in [0, 0.1) is 0 Å². The highest BCUT2D eigenvalue weighted by atomic mass is 127. The van der Waals surface area contributed by atoms with Crippen molar-refractivity contribution in [3.05, 3.63) is 29.0 Å². The molecule has 0 saturated carbocycles. The van der Waals surface area contributed by atoms with Crippen LogP contribution in [0.1, 0.15) is 39.2 Å². The molecular formula is C19H30ClIN6O2. The molecule has 8 nitrogen and oxygen atoms in total. The molecule has 1 atom stereocenters. The van der Waals surface area contributed by atoms with Crippen LogP contribution in [-0.4, -0.2) is 59.5 Å². The molecule has 3 N–H and O–H groups in total. The van der Waals surface area contributed by atoms with Crippen LogP contribution in [0.3, 0.4) is 0 Å². The predicted octanol–water partition coefficient (Wildman–Crippen LogP) is 2.56. The minimum atomic E-state index is -0.784. The number of guanidine groups is 1. The number of carbonyl (C=O) groups is 2. The average Bonchev–Trinajstić information content (AvgIpc) is 2.89. The van der Waals surface area contributed by atoms with E-state index in [0.717, 1.165) is 18.5 Å². The number of amides is 3. The fourth-order valence-electron chi connectivity index (χ4n) is 2.83. The molecule has 29 heavy (non-hydrogen) atoms. The van der Waals surface area contributed by atoms with E-state index in [1.165, 1.54) is 4.90 Å². The summed E-state index contributed by atoms with van der Waals surface area (Å²) in [6.45, 7) is 7.97. The molecule has 1 aliphatic heterocycles. The molecule has 0 aliphatic carbocycles. The monoisotopic (exact) mass is 536 g/mol. The number of imide groups is 1. The van der Waals surface area contributed by atoms with E-state index < -0.39 is 5.54 Å². The Morgan fingerprint density at radius 1 is 1.31 bits per heavy atom. The fraction of sp³-hybridized carbons (Fsp3) is 0.579. The van der Waals surface area contributed by atoms with Gasteiger partial charge in [0, 0.05) is 32.4 Å². The maximum atomic E-state index is 12.4. The van der Waals surface area contributed by atoms with Gasteiger partial charge in [-0.3, -0.25) is 14.7 Å². The van der Waals surface area contributed by atoms with Crippen molar-refractivity contribution < 1.29 is 9.59 Å². The highest BCUT2D eigenvalue weighted by Crippen LogP contribution is 2.20. The van der Waals surface area contributed by atoms with Gasteiger partial charge in [0.15, 0.2) is 5.96 Å². The fourth-order valence-corrected chi connectivity index (χ4v) is 2.94. The van der Waals surface area contributed by atoms with Crippen LogP contribution in [0.5, 0.6) is 0 Å². The lowest BCUT2D eigenvalue weighted by atomic mass is 9.99. The van der Waals surface area contributed by atoms with Gasteiger partial charge in [-0.2, -0.15) is 0 Å².